The number of hydrogen-bond donors (Lipinski definition) is 0. The molecule has 2 rings (SSSR count). The molecule has 4 heteroatoms. The Labute approximate surface area is 103 Å². The normalized spacial score (nSPS) is 10.8. The summed E-state index contributed by atoms with van der Waals surface area (Å²) in [4.78, 5) is 15.9. The van der Waals surface area contributed by atoms with Crippen molar-refractivity contribution in [3.63, 3.8) is 0 Å². The Morgan fingerprint density at radius 2 is 1.88 bits per heavy atom. The van der Waals surface area contributed by atoms with E-state index in [0.29, 0.717) is 26.5 Å². The molecule has 0 bridgehead atoms. The van der Waals surface area contributed by atoms with Crippen molar-refractivity contribution in [2.24, 2.45) is 0 Å². The molecule has 1 aromatic carbocycles. The van der Waals surface area contributed by atoms with Crippen LogP contribution in [0.25, 0.3) is 10.9 Å². The molecule has 0 atom stereocenters. The Morgan fingerprint density at radius 1 is 1.25 bits per heavy atom. The van der Waals surface area contributed by atoms with Gasteiger partial charge in [-0.25, -0.2) is 0 Å². The summed E-state index contributed by atoms with van der Waals surface area (Å²) in [6.07, 6.45) is 0. The third kappa shape index (κ3) is 1.79. The summed E-state index contributed by atoms with van der Waals surface area (Å²) in [5.74, 6) is -0.0420. The van der Waals surface area contributed by atoms with Crippen LogP contribution in [-0.4, -0.2) is 10.8 Å². The predicted molar refractivity (Wildman–Crippen MR) is 66.5 cm³/mol. The monoisotopic (exact) mass is 253 g/mol. The van der Waals surface area contributed by atoms with E-state index in [4.69, 9.17) is 23.2 Å². The summed E-state index contributed by atoms with van der Waals surface area (Å²) in [6.45, 7) is 3.33. The highest BCUT2D eigenvalue weighted by molar-refractivity contribution is 6.41. The van der Waals surface area contributed by atoms with Crippen LogP contribution in [0.4, 0.5) is 0 Å². The van der Waals surface area contributed by atoms with Gasteiger partial charge in [0.1, 0.15) is 0 Å². The van der Waals surface area contributed by atoms with Crippen LogP contribution in [0.1, 0.15) is 23.0 Å². The van der Waals surface area contributed by atoms with Crippen molar-refractivity contribution in [2.75, 3.05) is 0 Å². The molecule has 82 valence electrons. The molecule has 0 radical (unpaired) electrons. The Hall–Kier alpha value is -1.12. The van der Waals surface area contributed by atoms with Crippen molar-refractivity contribution in [3.8, 4) is 0 Å². The van der Waals surface area contributed by atoms with Gasteiger partial charge in [0.2, 0.25) is 0 Å². The number of aryl methyl sites for hydroxylation is 1. The van der Waals surface area contributed by atoms with Gasteiger partial charge in [0, 0.05) is 16.6 Å². The topological polar surface area (TPSA) is 30.0 Å². The van der Waals surface area contributed by atoms with E-state index >= 15 is 0 Å². The molecular formula is C12H9Cl2NO. The smallest absolute Gasteiger partial charge is 0.160 e. The molecule has 0 aliphatic heterocycles. The number of benzene rings is 1. The maximum Gasteiger partial charge on any atom is 0.160 e. The molecule has 16 heavy (non-hydrogen) atoms. The first kappa shape index (κ1) is 11.4. The number of hydrogen-bond acceptors (Lipinski definition) is 2. The fourth-order valence-corrected chi connectivity index (χ4v) is 2.13. The molecule has 0 amide bonds. The fraction of sp³-hybridized carbons (Fsp3) is 0.167. The number of halogens is 2. The van der Waals surface area contributed by atoms with E-state index < -0.39 is 0 Å². The van der Waals surface area contributed by atoms with Gasteiger partial charge in [0.15, 0.2) is 5.78 Å². The second kappa shape index (κ2) is 4.04. The molecule has 0 aliphatic rings. The Morgan fingerprint density at radius 3 is 2.50 bits per heavy atom. The molecule has 0 unspecified atom stereocenters. The molecule has 2 nitrogen and oxygen atoms in total. The fourth-order valence-electron chi connectivity index (χ4n) is 1.67. The van der Waals surface area contributed by atoms with Crippen molar-refractivity contribution in [3.05, 3.63) is 39.5 Å². The number of aromatic nitrogens is 1. The van der Waals surface area contributed by atoms with Gasteiger partial charge < -0.3 is 0 Å². The number of carbonyl (C=O) groups is 1. The lowest BCUT2D eigenvalue weighted by atomic mass is 10.0. The standard InChI is InChI=1S/C12H9Cl2NO/c1-6-5-8(7(2)16)11-9(13)3-4-10(14)12(11)15-6/h3-5H,1-2H3. The Balaban J connectivity index is 3.00. The maximum atomic E-state index is 11.5. The van der Waals surface area contributed by atoms with Crippen LogP contribution in [0.3, 0.4) is 0 Å². The lowest BCUT2D eigenvalue weighted by Gasteiger charge is -2.08. The highest BCUT2D eigenvalue weighted by Gasteiger charge is 2.13. The molecule has 0 fully saturated rings. The second-order valence-corrected chi connectivity index (χ2v) is 4.43. The zero-order chi connectivity index (χ0) is 11.9. The van der Waals surface area contributed by atoms with Crippen molar-refractivity contribution in [2.45, 2.75) is 13.8 Å². The van der Waals surface area contributed by atoms with Gasteiger partial charge in [-0.3, -0.25) is 9.78 Å². The Kier molecular flexibility index (Phi) is 2.87. The van der Waals surface area contributed by atoms with Crippen molar-refractivity contribution >= 4 is 39.9 Å². The van der Waals surface area contributed by atoms with Crippen LogP contribution in [0.5, 0.6) is 0 Å². The van der Waals surface area contributed by atoms with Crippen LogP contribution in [0, 0.1) is 6.92 Å². The number of nitrogens with zero attached hydrogens (tertiary/aromatic N) is 1. The van der Waals surface area contributed by atoms with E-state index in [1.165, 1.54) is 6.92 Å². The summed E-state index contributed by atoms with van der Waals surface area (Å²) < 4.78 is 0. The number of rotatable bonds is 1. The summed E-state index contributed by atoms with van der Waals surface area (Å²) in [6, 6.07) is 5.09. The molecule has 0 N–H and O–H groups in total. The van der Waals surface area contributed by atoms with Crippen LogP contribution in [0.2, 0.25) is 10.0 Å². The van der Waals surface area contributed by atoms with Crippen LogP contribution < -0.4 is 0 Å². The second-order valence-electron chi connectivity index (χ2n) is 3.62. The van der Waals surface area contributed by atoms with Crippen LogP contribution >= 0.6 is 23.2 Å². The molecule has 0 spiro atoms. The number of ketones is 1. The molecule has 2 aromatic rings. The minimum absolute atomic E-state index is 0.0420. The zero-order valence-corrected chi connectivity index (χ0v) is 10.4. The van der Waals surface area contributed by atoms with Crippen LogP contribution in [0.15, 0.2) is 18.2 Å². The predicted octanol–water partition coefficient (Wildman–Crippen LogP) is 4.05. The van der Waals surface area contributed by atoms with E-state index in [1.807, 2.05) is 6.92 Å². The summed E-state index contributed by atoms with van der Waals surface area (Å²) in [5.41, 5.74) is 1.90. The zero-order valence-electron chi connectivity index (χ0n) is 8.84. The third-order valence-corrected chi connectivity index (χ3v) is 2.99. The summed E-state index contributed by atoms with van der Waals surface area (Å²) in [5, 5.41) is 1.63. The van der Waals surface area contributed by atoms with Crippen LogP contribution in [-0.2, 0) is 0 Å². The summed E-state index contributed by atoms with van der Waals surface area (Å²) in [7, 11) is 0. The van der Waals surface area contributed by atoms with E-state index in [2.05, 4.69) is 4.98 Å². The largest absolute Gasteiger partial charge is 0.294 e. The molecule has 1 aromatic heterocycles. The minimum atomic E-state index is -0.0420. The van der Waals surface area contributed by atoms with E-state index in [9.17, 15) is 4.79 Å². The SMILES string of the molecule is CC(=O)c1cc(C)nc2c(Cl)ccc(Cl)c12. The van der Waals surface area contributed by atoms with Crippen molar-refractivity contribution in [1.29, 1.82) is 0 Å². The number of fused-ring (bicyclic) bond motifs is 1. The number of Topliss-reactive ketones (excluding diaryl/α,β-unsaturated/α-hetero) is 1. The van der Waals surface area contributed by atoms with Gasteiger partial charge in [0.25, 0.3) is 0 Å². The highest BCUT2D eigenvalue weighted by atomic mass is 35.5. The first-order valence-electron chi connectivity index (χ1n) is 4.77. The van der Waals surface area contributed by atoms with E-state index in [0.717, 1.165) is 5.69 Å². The molecule has 0 aliphatic carbocycles. The Bertz CT molecular complexity index is 593. The molecule has 0 saturated heterocycles. The van der Waals surface area contributed by atoms with Gasteiger partial charge in [-0.15, -0.1) is 0 Å². The van der Waals surface area contributed by atoms with Gasteiger partial charge in [0.05, 0.1) is 15.6 Å². The van der Waals surface area contributed by atoms with Gasteiger partial charge in [-0.1, -0.05) is 23.2 Å². The molecule has 1 heterocycles. The summed E-state index contributed by atoms with van der Waals surface area (Å²) >= 11 is 12.1. The number of carbonyl (C=O) groups excluding carboxylic acids is 1. The van der Waals surface area contributed by atoms with Gasteiger partial charge >= 0.3 is 0 Å². The van der Waals surface area contributed by atoms with Crippen molar-refractivity contribution < 1.29 is 4.79 Å². The quantitative estimate of drug-likeness (QED) is 0.718. The third-order valence-electron chi connectivity index (χ3n) is 2.37. The van der Waals surface area contributed by atoms with Crippen molar-refractivity contribution in [1.82, 2.24) is 4.98 Å². The first-order valence-corrected chi connectivity index (χ1v) is 5.52. The lowest BCUT2D eigenvalue weighted by Crippen LogP contribution is -1.98. The highest BCUT2D eigenvalue weighted by Crippen LogP contribution is 2.31. The molecule has 0 saturated carbocycles. The van der Waals surface area contributed by atoms with E-state index in [-0.39, 0.29) is 5.78 Å². The average Bonchev–Trinajstić information content (AvgIpc) is 2.22. The lowest BCUT2D eigenvalue weighted by molar-refractivity contribution is 0.101. The average molecular weight is 254 g/mol. The maximum absolute atomic E-state index is 11.5. The minimum Gasteiger partial charge on any atom is -0.294 e. The first-order chi connectivity index (χ1) is 7.50. The number of pyridine rings is 1. The van der Waals surface area contributed by atoms with Gasteiger partial charge in [-0.2, -0.15) is 0 Å². The van der Waals surface area contributed by atoms with E-state index in [1.54, 1.807) is 18.2 Å². The molecular weight excluding hydrogens is 245 g/mol. The van der Waals surface area contributed by atoms with Gasteiger partial charge in [-0.05, 0) is 32.0 Å².